The highest BCUT2D eigenvalue weighted by Gasteiger charge is 2.36. The van der Waals surface area contributed by atoms with Gasteiger partial charge in [0.15, 0.2) is 0 Å². The molecule has 1 fully saturated rings. The molecule has 1 saturated heterocycles. The van der Waals surface area contributed by atoms with Crippen molar-refractivity contribution in [3.63, 3.8) is 0 Å². The van der Waals surface area contributed by atoms with E-state index in [9.17, 15) is 0 Å². The van der Waals surface area contributed by atoms with Crippen LogP contribution in [0.4, 0.5) is 0 Å². The molecule has 0 bridgehead atoms. The lowest BCUT2D eigenvalue weighted by molar-refractivity contribution is 0.0560. The first kappa shape index (κ1) is 16.5. The van der Waals surface area contributed by atoms with Crippen molar-refractivity contribution in [1.82, 2.24) is 20.0 Å². The molecule has 1 N–H and O–H groups in total. The van der Waals surface area contributed by atoms with Crippen LogP contribution < -0.4 is 5.32 Å². The Labute approximate surface area is 129 Å². The Morgan fingerprint density at radius 2 is 2.24 bits per heavy atom. The third-order valence-electron chi connectivity index (χ3n) is 5.29. The van der Waals surface area contributed by atoms with E-state index in [-0.39, 0.29) is 5.54 Å². The van der Waals surface area contributed by atoms with Gasteiger partial charge >= 0.3 is 0 Å². The van der Waals surface area contributed by atoms with Gasteiger partial charge in [0, 0.05) is 44.5 Å². The molecule has 2 rings (SSSR count). The Kier molecular flexibility index (Phi) is 5.44. The normalized spacial score (nSPS) is 28.7. The SMILES string of the molecule is CCC(C)C1CNC(C)(CC)CN1CCc1cnn(C)c1. The molecule has 0 amide bonds. The van der Waals surface area contributed by atoms with Crippen LogP contribution in [0.3, 0.4) is 0 Å². The van der Waals surface area contributed by atoms with E-state index < -0.39 is 0 Å². The standard InChI is InChI=1S/C17H32N4/c1-6-14(3)16-11-18-17(4,7-2)13-21(16)9-8-15-10-19-20(5)12-15/h10,12,14,16,18H,6-9,11,13H2,1-5H3. The van der Waals surface area contributed by atoms with Crippen molar-refractivity contribution in [2.45, 2.75) is 58.5 Å². The minimum absolute atomic E-state index is 0.263. The highest BCUT2D eigenvalue weighted by atomic mass is 15.3. The topological polar surface area (TPSA) is 33.1 Å². The molecule has 0 saturated carbocycles. The fraction of sp³-hybridized carbons (Fsp3) is 0.824. The maximum absolute atomic E-state index is 4.28. The molecule has 4 heteroatoms. The number of hydrogen-bond donors (Lipinski definition) is 1. The van der Waals surface area contributed by atoms with Gasteiger partial charge in [-0.05, 0) is 31.2 Å². The molecule has 1 aliphatic rings. The van der Waals surface area contributed by atoms with Gasteiger partial charge < -0.3 is 5.32 Å². The molecule has 0 spiro atoms. The van der Waals surface area contributed by atoms with E-state index in [2.05, 4.69) is 49.2 Å². The van der Waals surface area contributed by atoms with Crippen LogP contribution in [-0.4, -0.2) is 45.9 Å². The first-order valence-corrected chi connectivity index (χ1v) is 8.44. The Morgan fingerprint density at radius 3 is 2.81 bits per heavy atom. The third kappa shape index (κ3) is 4.07. The lowest BCUT2D eigenvalue weighted by Crippen LogP contribution is -2.64. The molecule has 1 aromatic heterocycles. The number of piperazine rings is 1. The van der Waals surface area contributed by atoms with Crippen LogP contribution in [0, 0.1) is 5.92 Å². The number of aryl methyl sites for hydroxylation is 1. The van der Waals surface area contributed by atoms with Crippen molar-refractivity contribution in [3.05, 3.63) is 18.0 Å². The second-order valence-corrected chi connectivity index (χ2v) is 6.99. The summed E-state index contributed by atoms with van der Waals surface area (Å²) in [5.74, 6) is 0.743. The highest BCUT2D eigenvalue weighted by Crippen LogP contribution is 2.24. The molecular formula is C17H32N4. The average molecular weight is 292 g/mol. The summed E-state index contributed by atoms with van der Waals surface area (Å²) >= 11 is 0. The molecule has 0 aliphatic carbocycles. The quantitative estimate of drug-likeness (QED) is 0.874. The molecule has 1 aliphatic heterocycles. The lowest BCUT2D eigenvalue weighted by atomic mass is 9.88. The van der Waals surface area contributed by atoms with Gasteiger partial charge in [0.2, 0.25) is 0 Å². The third-order valence-corrected chi connectivity index (χ3v) is 5.29. The fourth-order valence-corrected chi connectivity index (χ4v) is 3.29. The molecule has 1 aromatic rings. The first-order chi connectivity index (χ1) is 9.97. The second kappa shape index (κ2) is 6.93. The van der Waals surface area contributed by atoms with Crippen molar-refractivity contribution in [2.75, 3.05) is 19.6 Å². The van der Waals surface area contributed by atoms with E-state index in [1.807, 2.05) is 17.9 Å². The summed E-state index contributed by atoms with van der Waals surface area (Å²) < 4.78 is 1.90. The van der Waals surface area contributed by atoms with E-state index in [1.165, 1.54) is 18.4 Å². The minimum Gasteiger partial charge on any atom is -0.309 e. The zero-order valence-corrected chi connectivity index (χ0v) is 14.4. The predicted molar refractivity (Wildman–Crippen MR) is 88.4 cm³/mol. The summed E-state index contributed by atoms with van der Waals surface area (Å²) in [7, 11) is 1.99. The van der Waals surface area contributed by atoms with Crippen molar-refractivity contribution >= 4 is 0 Å². The lowest BCUT2D eigenvalue weighted by Gasteiger charge is -2.48. The van der Waals surface area contributed by atoms with Gasteiger partial charge in [-0.15, -0.1) is 0 Å². The Bertz CT molecular complexity index is 442. The van der Waals surface area contributed by atoms with Gasteiger partial charge in [0.25, 0.3) is 0 Å². The van der Waals surface area contributed by atoms with Gasteiger partial charge in [-0.25, -0.2) is 0 Å². The number of aromatic nitrogens is 2. The molecule has 120 valence electrons. The van der Waals surface area contributed by atoms with Crippen LogP contribution in [0.5, 0.6) is 0 Å². The second-order valence-electron chi connectivity index (χ2n) is 6.99. The first-order valence-electron chi connectivity index (χ1n) is 8.44. The molecule has 2 heterocycles. The van der Waals surface area contributed by atoms with Crippen molar-refractivity contribution < 1.29 is 0 Å². The number of nitrogens with one attached hydrogen (secondary N) is 1. The number of rotatable bonds is 6. The zero-order chi connectivity index (χ0) is 15.5. The molecule has 4 nitrogen and oxygen atoms in total. The molecule has 21 heavy (non-hydrogen) atoms. The Balaban J connectivity index is 2.02. The van der Waals surface area contributed by atoms with Gasteiger partial charge in [-0.1, -0.05) is 27.2 Å². The van der Waals surface area contributed by atoms with Crippen LogP contribution in [0.1, 0.15) is 46.1 Å². The van der Waals surface area contributed by atoms with Crippen molar-refractivity contribution in [1.29, 1.82) is 0 Å². The molecular weight excluding hydrogens is 260 g/mol. The van der Waals surface area contributed by atoms with E-state index in [4.69, 9.17) is 0 Å². The van der Waals surface area contributed by atoms with Crippen LogP contribution in [0.2, 0.25) is 0 Å². The van der Waals surface area contributed by atoms with Gasteiger partial charge in [-0.2, -0.15) is 5.10 Å². The maximum Gasteiger partial charge on any atom is 0.0522 e. The van der Waals surface area contributed by atoms with E-state index in [0.29, 0.717) is 6.04 Å². The fourth-order valence-electron chi connectivity index (χ4n) is 3.29. The van der Waals surface area contributed by atoms with Crippen LogP contribution in [-0.2, 0) is 13.5 Å². The monoisotopic (exact) mass is 292 g/mol. The summed E-state index contributed by atoms with van der Waals surface area (Å²) in [5.41, 5.74) is 1.61. The Morgan fingerprint density at radius 1 is 1.48 bits per heavy atom. The van der Waals surface area contributed by atoms with Gasteiger partial charge in [0.1, 0.15) is 0 Å². The average Bonchev–Trinajstić information content (AvgIpc) is 2.90. The van der Waals surface area contributed by atoms with Crippen LogP contribution in [0.25, 0.3) is 0 Å². The smallest absolute Gasteiger partial charge is 0.0522 e. The van der Waals surface area contributed by atoms with Crippen molar-refractivity contribution in [2.24, 2.45) is 13.0 Å². The van der Waals surface area contributed by atoms with E-state index in [1.54, 1.807) is 0 Å². The largest absolute Gasteiger partial charge is 0.309 e. The molecule has 3 atom stereocenters. The van der Waals surface area contributed by atoms with Gasteiger partial charge in [0.05, 0.1) is 6.20 Å². The van der Waals surface area contributed by atoms with Crippen LogP contribution in [0.15, 0.2) is 12.4 Å². The molecule has 0 radical (unpaired) electrons. The summed E-state index contributed by atoms with van der Waals surface area (Å²) in [5, 5.41) is 8.07. The highest BCUT2D eigenvalue weighted by molar-refractivity contribution is 5.05. The Hall–Kier alpha value is -0.870. The van der Waals surface area contributed by atoms with Gasteiger partial charge in [-0.3, -0.25) is 9.58 Å². The maximum atomic E-state index is 4.28. The van der Waals surface area contributed by atoms with Crippen molar-refractivity contribution in [3.8, 4) is 0 Å². The van der Waals surface area contributed by atoms with Crippen LogP contribution >= 0.6 is 0 Å². The minimum atomic E-state index is 0.263. The van der Waals surface area contributed by atoms with E-state index in [0.717, 1.165) is 32.0 Å². The number of nitrogens with zero attached hydrogens (tertiary/aromatic N) is 3. The summed E-state index contributed by atoms with van der Waals surface area (Å²) in [4.78, 5) is 2.71. The zero-order valence-electron chi connectivity index (χ0n) is 14.4. The van der Waals surface area contributed by atoms with E-state index >= 15 is 0 Å². The molecule has 3 unspecified atom stereocenters. The molecule has 0 aromatic carbocycles. The summed E-state index contributed by atoms with van der Waals surface area (Å²) in [6.45, 7) is 12.7. The number of hydrogen-bond acceptors (Lipinski definition) is 3. The summed E-state index contributed by atoms with van der Waals surface area (Å²) in [6, 6.07) is 0.659. The summed E-state index contributed by atoms with van der Waals surface area (Å²) in [6.07, 6.45) is 7.67. The predicted octanol–water partition coefficient (Wildman–Crippen LogP) is 2.45.